The summed E-state index contributed by atoms with van der Waals surface area (Å²) < 4.78 is 16.1. The van der Waals surface area contributed by atoms with Crippen molar-refractivity contribution in [1.29, 1.82) is 0 Å². The molecule has 0 radical (unpaired) electrons. The van der Waals surface area contributed by atoms with Crippen molar-refractivity contribution in [2.24, 2.45) is 5.10 Å². The fourth-order valence-electron chi connectivity index (χ4n) is 3.56. The zero-order chi connectivity index (χ0) is 23.8. The number of nitrogens with one attached hydrogen (secondary N) is 1. The van der Waals surface area contributed by atoms with Crippen LogP contribution >= 0.6 is 0 Å². The van der Waals surface area contributed by atoms with Crippen molar-refractivity contribution in [3.8, 4) is 11.3 Å². The molecule has 0 bridgehead atoms. The highest BCUT2D eigenvalue weighted by Crippen LogP contribution is 2.22. The number of carbonyl (C=O) groups is 2. The number of hydrogen-bond donors (Lipinski definition) is 1. The summed E-state index contributed by atoms with van der Waals surface area (Å²) in [6.45, 7) is 6.31. The topological polar surface area (TPSA) is 93.4 Å². The zero-order valence-electron chi connectivity index (χ0n) is 19.0. The maximum absolute atomic E-state index is 12.4. The molecule has 1 aliphatic rings. The molecule has 0 unspecified atom stereocenters. The van der Waals surface area contributed by atoms with Gasteiger partial charge in [-0.25, -0.2) is 10.2 Å². The van der Waals surface area contributed by atoms with Crippen molar-refractivity contribution in [3.63, 3.8) is 0 Å². The Labute approximate surface area is 198 Å². The normalized spacial score (nSPS) is 14.3. The maximum Gasteiger partial charge on any atom is 0.338 e. The molecule has 0 aliphatic carbocycles. The zero-order valence-corrected chi connectivity index (χ0v) is 19.0. The minimum Gasteiger partial charge on any atom is -0.462 e. The van der Waals surface area contributed by atoms with Crippen LogP contribution in [0.1, 0.15) is 39.0 Å². The lowest BCUT2D eigenvalue weighted by Gasteiger charge is -2.26. The van der Waals surface area contributed by atoms with Crippen LogP contribution in [0.3, 0.4) is 0 Å². The number of ether oxygens (including phenoxy) is 2. The van der Waals surface area contributed by atoms with Gasteiger partial charge in [0.2, 0.25) is 0 Å². The third-order valence-corrected chi connectivity index (χ3v) is 5.39. The molecule has 1 N–H and O–H groups in total. The number of nitrogens with zero attached hydrogens (tertiary/aromatic N) is 2. The van der Waals surface area contributed by atoms with Gasteiger partial charge in [-0.1, -0.05) is 24.3 Å². The van der Waals surface area contributed by atoms with E-state index < -0.39 is 0 Å². The summed E-state index contributed by atoms with van der Waals surface area (Å²) in [5.74, 6) is 0.462. The van der Waals surface area contributed by atoms with Gasteiger partial charge in [0, 0.05) is 30.8 Å². The number of esters is 1. The first-order valence-corrected chi connectivity index (χ1v) is 11.2. The number of hydrogen-bond acceptors (Lipinski definition) is 7. The molecule has 1 aliphatic heterocycles. The average Bonchev–Trinajstić information content (AvgIpc) is 3.34. The van der Waals surface area contributed by atoms with Gasteiger partial charge >= 0.3 is 5.97 Å². The molecule has 34 heavy (non-hydrogen) atoms. The van der Waals surface area contributed by atoms with E-state index in [-0.39, 0.29) is 11.9 Å². The van der Waals surface area contributed by atoms with Gasteiger partial charge in [-0.3, -0.25) is 9.69 Å². The fraction of sp³-hybridized carbons (Fsp3) is 0.269. The van der Waals surface area contributed by atoms with E-state index in [1.54, 1.807) is 55.5 Å². The monoisotopic (exact) mass is 461 g/mol. The summed E-state index contributed by atoms with van der Waals surface area (Å²) in [4.78, 5) is 26.5. The van der Waals surface area contributed by atoms with Crippen LogP contribution in [0.15, 0.2) is 70.2 Å². The van der Waals surface area contributed by atoms with Crippen LogP contribution in [0.4, 0.5) is 0 Å². The van der Waals surface area contributed by atoms with E-state index in [1.165, 1.54) is 6.21 Å². The molecular weight excluding hydrogens is 434 g/mol. The number of hydrazone groups is 1. The van der Waals surface area contributed by atoms with Crippen LogP contribution in [-0.4, -0.2) is 55.9 Å². The second-order valence-electron chi connectivity index (χ2n) is 7.78. The van der Waals surface area contributed by atoms with Crippen molar-refractivity contribution in [1.82, 2.24) is 10.3 Å². The molecule has 0 saturated carbocycles. The first-order chi connectivity index (χ1) is 16.6. The lowest BCUT2D eigenvalue weighted by atomic mass is 10.1. The highest BCUT2D eigenvalue weighted by atomic mass is 16.5. The summed E-state index contributed by atoms with van der Waals surface area (Å²) in [5, 5.41) is 4.00. The van der Waals surface area contributed by atoms with Gasteiger partial charge in [-0.05, 0) is 48.9 Å². The van der Waals surface area contributed by atoms with E-state index in [0.29, 0.717) is 29.3 Å². The summed E-state index contributed by atoms with van der Waals surface area (Å²) in [7, 11) is 0. The van der Waals surface area contributed by atoms with E-state index in [4.69, 9.17) is 13.9 Å². The molecular formula is C26H27N3O5. The Balaban J connectivity index is 1.29. The van der Waals surface area contributed by atoms with Gasteiger partial charge in [0.05, 0.1) is 31.6 Å². The predicted octanol–water partition coefficient (Wildman–Crippen LogP) is 3.72. The van der Waals surface area contributed by atoms with Crippen molar-refractivity contribution in [2.45, 2.75) is 13.5 Å². The molecule has 1 fully saturated rings. The van der Waals surface area contributed by atoms with Crippen LogP contribution in [0.25, 0.3) is 11.3 Å². The highest BCUT2D eigenvalue weighted by Gasteiger charge is 2.12. The molecule has 1 aromatic heterocycles. The smallest absolute Gasteiger partial charge is 0.338 e. The molecule has 176 valence electrons. The highest BCUT2D eigenvalue weighted by molar-refractivity contribution is 5.94. The number of rotatable bonds is 8. The van der Waals surface area contributed by atoms with Crippen LogP contribution in [0.2, 0.25) is 0 Å². The van der Waals surface area contributed by atoms with Crippen LogP contribution in [-0.2, 0) is 16.0 Å². The molecule has 0 spiro atoms. The number of carbonyl (C=O) groups excluding carboxylic acids is 2. The quantitative estimate of drug-likeness (QED) is 0.312. The lowest BCUT2D eigenvalue weighted by molar-refractivity contribution is 0.0342. The Kier molecular flexibility index (Phi) is 7.85. The maximum atomic E-state index is 12.4. The third-order valence-electron chi connectivity index (χ3n) is 5.39. The summed E-state index contributed by atoms with van der Waals surface area (Å²) in [6, 6.07) is 18.0. The van der Waals surface area contributed by atoms with E-state index in [0.717, 1.165) is 44.0 Å². The minimum absolute atomic E-state index is 0.296. The van der Waals surface area contributed by atoms with Gasteiger partial charge < -0.3 is 13.9 Å². The lowest BCUT2D eigenvalue weighted by Crippen LogP contribution is -2.35. The van der Waals surface area contributed by atoms with E-state index in [2.05, 4.69) is 15.4 Å². The molecule has 3 aromatic rings. The first kappa shape index (κ1) is 23.4. The minimum atomic E-state index is -0.358. The summed E-state index contributed by atoms with van der Waals surface area (Å²) >= 11 is 0. The van der Waals surface area contributed by atoms with E-state index >= 15 is 0 Å². The van der Waals surface area contributed by atoms with Crippen molar-refractivity contribution < 1.29 is 23.5 Å². The van der Waals surface area contributed by atoms with Gasteiger partial charge in [0.25, 0.3) is 5.91 Å². The largest absolute Gasteiger partial charge is 0.462 e. The second-order valence-corrected chi connectivity index (χ2v) is 7.78. The van der Waals surface area contributed by atoms with Crippen molar-refractivity contribution in [2.75, 3.05) is 32.9 Å². The molecule has 4 rings (SSSR count). The SMILES string of the molecule is CCOC(=O)c1ccc(-c2ccc(/C=N\NC(=O)c3ccc(CN4CCOCC4)cc3)o2)cc1. The predicted molar refractivity (Wildman–Crippen MR) is 128 cm³/mol. The average molecular weight is 462 g/mol. The fourth-order valence-corrected chi connectivity index (χ4v) is 3.56. The van der Waals surface area contributed by atoms with Crippen molar-refractivity contribution >= 4 is 18.1 Å². The Morgan fingerprint density at radius 1 is 1.00 bits per heavy atom. The summed E-state index contributed by atoms with van der Waals surface area (Å²) in [6.07, 6.45) is 1.45. The molecule has 8 nitrogen and oxygen atoms in total. The molecule has 8 heteroatoms. The van der Waals surface area contributed by atoms with Gasteiger partial charge in [0.15, 0.2) is 0 Å². The van der Waals surface area contributed by atoms with Crippen molar-refractivity contribution in [3.05, 3.63) is 83.1 Å². The van der Waals surface area contributed by atoms with Crippen LogP contribution < -0.4 is 5.43 Å². The second kappa shape index (κ2) is 11.4. The first-order valence-electron chi connectivity index (χ1n) is 11.2. The third kappa shape index (κ3) is 6.18. The number of amides is 1. The Morgan fingerprint density at radius 3 is 2.41 bits per heavy atom. The summed E-state index contributed by atoms with van der Waals surface area (Å²) in [5.41, 5.74) is 5.50. The van der Waals surface area contributed by atoms with Gasteiger partial charge in [0.1, 0.15) is 11.5 Å². The van der Waals surface area contributed by atoms with E-state index in [1.807, 2.05) is 12.1 Å². The standard InChI is InChI=1S/C26H27N3O5/c1-2-33-26(31)22-9-7-20(8-10-22)24-12-11-23(34-24)17-27-28-25(30)21-5-3-19(4-6-21)18-29-13-15-32-16-14-29/h3-12,17H,2,13-16,18H2,1H3,(H,28,30)/b27-17-. The Hall–Kier alpha value is -3.75. The van der Waals surface area contributed by atoms with Gasteiger partial charge in [-0.15, -0.1) is 0 Å². The molecule has 2 aromatic carbocycles. The molecule has 1 amide bonds. The molecule has 1 saturated heterocycles. The number of morpholine rings is 1. The number of benzene rings is 2. The van der Waals surface area contributed by atoms with Gasteiger partial charge in [-0.2, -0.15) is 5.10 Å². The number of furan rings is 1. The van der Waals surface area contributed by atoms with E-state index in [9.17, 15) is 9.59 Å². The van der Waals surface area contributed by atoms with Crippen LogP contribution in [0.5, 0.6) is 0 Å². The molecule has 0 atom stereocenters. The Bertz CT molecular complexity index is 1130. The molecule has 2 heterocycles. The van der Waals surface area contributed by atoms with Crippen LogP contribution in [0, 0.1) is 0 Å². The Morgan fingerprint density at radius 2 is 1.71 bits per heavy atom.